The molecule has 1 aromatic carbocycles. The Morgan fingerprint density at radius 3 is 2.57 bits per heavy atom. The van der Waals surface area contributed by atoms with Gasteiger partial charge in [-0.15, -0.1) is 10.2 Å². The Kier molecular flexibility index (Phi) is 3.98. The fourth-order valence-electron chi connectivity index (χ4n) is 2.05. The molecule has 0 radical (unpaired) electrons. The van der Waals surface area contributed by atoms with Crippen molar-refractivity contribution in [1.82, 2.24) is 5.12 Å². The van der Waals surface area contributed by atoms with Gasteiger partial charge in [0.1, 0.15) is 17.2 Å². The number of benzene rings is 1. The van der Waals surface area contributed by atoms with Gasteiger partial charge in [0, 0.05) is 17.8 Å². The molecule has 21 heavy (non-hydrogen) atoms. The van der Waals surface area contributed by atoms with Crippen LogP contribution >= 0.6 is 0 Å². The van der Waals surface area contributed by atoms with Crippen LogP contribution in [-0.2, 0) is 0 Å². The number of methoxy groups -OCH3 is 1. The highest BCUT2D eigenvalue weighted by Gasteiger charge is 2.36. The van der Waals surface area contributed by atoms with Gasteiger partial charge in [-0.25, -0.2) is 4.99 Å². The number of rotatable bonds is 2. The Morgan fingerprint density at radius 1 is 1.24 bits per heavy atom. The highest BCUT2D eigenvalue weighted by Crippen LogP contribution is 2.29. The zero-order valence-corrected chi connectivity index (χ0v) is 12.3. The molecule has 0 unspecified atom stereocenters. The second kappa shape index (κ2) is 5.70. The standard InChI is InChI=1S/C13H10N4O2.C2H6/c1-7-15-12-11(16-17(7)14-2)9-5-4-8(19-3)6-10(9)13(12)18;1-2/h4-6H,1-2H2,3H3;1-2H3. The van der Waals surface area contributed by atoms with E-state index in [4.69, 9.17) is 4.74 Å². The molecule has 0 aromatic heterocycles. The molecule has 0 N–H and O–H groups in total. The molecule has 6 heteroatoms. The first-order chi connectivity index (χ1) is 10.2. The zero-order chi connectivity index (χ0) is 15.6. The topological polar surface area (TPSA) is 66.6 Å². The third-order valence-corrected chi connectivity index (χ3v) is 2.97. The molecule has 1 aromatic rings. The minimum absolute atomic E-state index is 0.183. The predicted molar refractivity (Wildman–Crippen MR) is 83.2 cm³/mol. The summed E-state index contributed by atoms with van der Waals surface area (Å²) in [5.74, 6) is 0.698. The highest BCUT2D eigenvalue weighted by atomic mass is 16.5. The van der Waals surface area contributed by atoms with E-state index in [1.165, 1.54) is 5.12 Å². The van der Waals surface area contributed by atoms with Crippen molar-refractivity contribution in [2.45, 2.75) is 13.8 Å². The van der Waals surface area contributed by atoms with Gasteiger partial charge >= 0.3 is 0 Å². The van der Waals surface area contributed by atoms with Crippen LogP contribution in [0.2, 0.25) is 0 Å². The second-order valence-electron chi connectivity index (χ2n) is 4.00. The van der Waals surface area contributed by atoms with Crippen LogP contribution in [0.5, 0.6) is 5.75 Å². The van der Waals surface area contributed by atoms with E-state index in [2.05, 4.69) is 28.5 Å². The van der Waals surface area contributed by atoms with Crippen LogP contribution in [0.3, 0.4) is 0 Å². The molecule has 0 atom stereocenters. The molecule has 0 saturated heterocycles. The van der Waals surface area contributed by atoms with E-state index in [9.17, 15) is 4.79 Å². The number of hydrazone groups is 2. The Balaban J connectivity index is 0.000000774. The molecule has 0 amide bonds. The van der Waals surface area contributed by atoms with Gasteiger partial charge in [-0.05, 0) is 18.2 Å². The average molecular weight is 284 g/mol. The Hall–Kier alpha value is -2.76. The highest BCUT2D eigenvalue weighted by molar-refractivity contribution is 6.78. The summed E-state index contributed by atoms with van der Waals surface area (Å²) in [4.78, 5) is 16.4. The molecule has 1 aliphatic heterocycles. The summed E-state index contributed by atoms with van der Waals surface area (Å²) in [5.41, 5.74) is 2.01. The van der Waals surface area contributed by atoms with Crippen LogP contribution in [-0.4, -0.2) is 36.2 Å². The molecule has 0 saturated carbocycles. The lowest BCUT2D eigenvalue weighted by atomic mass is 10.1. The molecular formula is C15H16N4O2. The summed E-state index contributed by atoms with van der Waals surface area (Å²) in [6.45, 7) is 11.1. The number of hydrogen-bond donors (Lipinski definition) is 0. The first-order valence-electron chi connectivity index (χ1n) is 6.52. The first kappa shape index (κ1) is 14.6. The van der Waals surface area contributed by atoms with E-state index in [-0.39, 0.29) is 17.3 Å². The number of ether oxygens (including phenoxy) is 1. The predicted octanol–water partition coefficient (Wildman–Crippen LogP) is 2.47. The number of nitrogens with zero attached hydrogens (tertiary/aromatic N) is 4. The van der Waals surface area contributed by atoms with Crippen molar-refractivity contribution in [3.8, 4) is 5.75 Å². The van der Waals surface area contributed by atoms with Crippen LogP contribution in [0.4, 0.5) is 0 Å². The Morgan fingerprint density at radius 2 is 1.95 bits per heavy atom. The molecule has 2 aliphatic rings. The van der Waals surface area contributed by atoms with Crippen LogP contribution in [0, 0.1) is 0 Å². The van der Waals surface area contributed by atoms with E-state index < -0.39 is 0 Å². The van der Waals surface area contributed by atoms with Crippen LogP contribution in [0.1, 0.15) is 29.8 Å². The maximum absolute atomic E-state index is 12.3. The number of aliphatic imine (C=N–C) groups is 1. The lowest BCUT2D eigenvalue weighted by Gasteiger charge is -2.17. The van der Waals surface area contributed by atoms with E-state index in [1.807, 2.05) is 13.8 Å². The lowest BCUT2D eigenvalue weighted by molar-refractivity contribution is 0.106. The smallest absolute Gasteiger partial charge is 0.214 e. The molecule has 0 bridgehead atoms. The van der Waals surface area contributed by atoms with Crippen molar-refractivity contribution in [2.75, 3.05) is 7.11 Å². The molecule has 0 spiro atoms. The van der Waals surface area contributed by atoms with Crippen molar-refractivity contribution >= 4 is 23.9 Å². The van der Waals surface area contributed by atoms with E-state index in [0.717, 1.165) is 0 Å². The van der Waals surface area contributed by atoms with Crippen LogP contribution in [0.15, 0.2) is 45.8 Å². The SMILES string of the molecule is C=NN1N=C2C(=NC1=C)C(=O)c1cc(OC)ccc12.CC. The summed E-state index contributed by atoms with van der Waals surface area (Å²) < 4.78 is 5.12. The van der Waals surface area contributed by atoms with Crippen LogP contribution < -0.4 is 4.74 Å². The minimum Gasteiger partial charge on any atom is -0.497 e. The fourth-order valence-corrected chi connectivity index (χ4v) is 2.05. The summed E-state index contributed by atoms with van der Waals surface area (Å²) in [7, 11) is 1.55. The number of ketones is 1. The third kappa shape index (κ3) is 2.24. The van der Waals surface area contributed by atoms with Crippen LogP contribution in [0.25, 0.3) is 0 Å². The van der Waals surface area contributed by atoms with Gasteiger partial charge in [0.05, 0.1) is 7.11 Å². The first-order valence-corrected chi connectivity index (χ1v) is 6.52. The summed E-state index contributed by atoms with van der Waals surface area (Å²) in [6.07, 6.45) is 0. The molecule has 1 heterocycles. The summed E-state index contributed by atoms with van der Waals surface area (Å²) >= 11 is 0. The monoisotopic (exact) mass is 284 g/mol. The largest absolute Gasteiger partial charge is 0.497 e. The maximum atomic E-state index is 12.3. The second-order valence-corrected chi connectivity index (χ2v) is 4.00. The Bertz CT molecular complexity index is 689. The van der Waals surface area contributed by atoms with Gasteiger partial charge < -0.3 is 4.74 Å². The number of carbonyl (C=O) groups is 1. The van der Waals surface area contributed by atoms with E-state index in [0.29, 0.717) is 22.6 Å². The molecule has 0 fully saturated rings. The quantitative estimate of drug-likeness (QED) is 0.783. The number of Topliss-reactive ketones (excluding diaryl/α,β-unsaturated/α-hetero) is 1. The minimum atomic E-state index is -0.183. The number of hydrogen-bond acceptors (Lipinski definition) is 6. The average Bonchev–Trinajstić information content (AvgIpc) is 2.80. The van der Waals surface area contributed by atoms with Crippen molar-refractivity contribution in [3.05, 3.63) is 41.7 Å². The van der Waals surface area contributed by atoms with Gasteiger partial charge in [0.2, 0.25) is 5.78 Å². The molecule has 3 rings (SSSR count). The van der Waals surface area contributed by atoms with Crippen molar-refractivity contribution < 1.29 is 9.53 Å². The molecule has 6 nitrogen and oxygen atoms in total. The zero-order valence-electron chi connectivity index (χ0n) is 12.3. The Labute approximate surface area is 123 Å². The van der Waals surface area contributed by atoms with Gasteiger partial charge in [-0.2, -0.15) is 5.10 Å². The normalized spacial score (nSPS) is 15.3. The van der Waals surface area contributed by atoms with Gasteiger partial charge in [0.25, 0.3) is 0 Å². The molecular weight excluding hydrogens is 268 g/mol. The fraction of sp³-hybridized carbons (Fsp3) is 0.200. The van der Waals surface area contributed by atoms with Gasteiger partial charge in [-0.3, -0.25) is 4.79 Å². The number of carbonyl (C=O) groups excluding carboxylic acids is 1. The van der Waals surface area contributed by atoms with E-state index >= 15 is 0 Å². The summed E-state index contributed by atoms with van der Waals surface area (Å²) in [6, 6.07) is 5.23. The molecule has 108 valence electrons. The number of fused-ring (bicyclic) bond motifs is 3. The van der Waals surface area contributed by atoms with Crippen molar-refractivity contribution in [2.24, 2.45) is 15.2 Å². The molecule has 1 aliphatic carbocycles. The third-order valence-electron chi connectivity index (χ3n) is 2.97. The van der Waals surface area contributed by atoms with E-state index in [1.54, 1.807) is 25.3 Å². The van der Waals surface area contributed by atoms with Crippen molar-refractivity contribution in [1.29, 1.82) is 0 Å². The maximum Gasteiger partial charge on any atom is 0.214 e. The van der Waals surface area contributed by atoms with Gasteiger partial charge in [0.15, 0.2) is 5.82 Å². The van der Waals surface area contributed by atoms with Gasteiger partial charge in [-0.1, -0.05) is 20.4 Å². The lowest BCUT2D eigenvalue weighted by Crippen LogP contribution is -2.25. The summed E-state index contributed by atoms with van der Waals surface area (Å²) in [5, 5.41) is 9.09. The van der Waals surface area contributed by atoms with Crippen molar-refractivity contribution in [3.63, 3.8) is 0 Å².